The molecule has 1 aromatic rings. The van der Waals surface area contributed by atoms with E-state index in [2.05, 4.69) is 15.6 Å². The number of carbonyl (C=O) groups is 1. The predicted octanol–water partition coefficient (Wildman–Crippen LogP) is 2.19. The van der Waals surface area contributed by atoms with Crippen LogP contribution in [0.1, 0.15) is 13.8 Å². The molecule has 0 heterocycles. The molecule has 0 aromatic heterocycles. The quantitative estimate of drug-likeness (QED) is 0.704. The maximum atomic E-state index is 11.8. The fourth-order valence-electron chi connectivity index (χ4n) is 2.09. The highest BCUT2D eigenvalue weighted by atomic mass is 16.3. The van der Waals surface area contributed by atoms with Gasteiger partial charge >= 0.3 is 0 Å². The predicted molar refractivity (Wildman–Crippen MR) is 89.6 cm³/mol. The van der Waals surface area contributed by atoms with Crippen LogP contribution in [0.5, 0.6) is 0 Å². The Morgan fingerprint density at radius 1 is 1.14 bits per heavy atom. The molecule has 1 aliphatic rings. The Labute approximate surface area is 130 Å². The molecule has 1 aliphatic carbocycles. The Kier molecular flexibility index (Phi) is 5.49. The van der Waals surface area contributed by atoms with Crippen LogP contribution in [0.25, 0.3) is 0 Å². The number of carbonyl (C=O) groups excluding carboxylic acids is 1. The summed E-state index contributed by atoms with van der Waals surface area (Å²) in [6.45, 7) is 5.06. The van der Waals surface area contributed by atoms with Gasteiger partial charge < -0.3 is 15.7 Å². The van der Waals surface area contributed by atoms with E-state index in [1.54, 1.807) is 13.0 Å². The van der Waals surface area contributed by atoms with Gasteiger partial charge in [0.15, 0.2) is 5.78 Å². The first-order valence-corrected chi connectivity index (χ1v) is 7.36. The maximum absolute atomic E-state index is 11.8. The fraction of sp³-hybridized carbons (Fsp3) is 0.294. The summed E-state index contributed by atoms with van der Waals surface area (Å²) in [7, 11) is 0. The van der Waals surface area contributed by atoms with Crippen LogP contribution in [0.2, 0.25) is 0 Å². The van der Waals surface area contributed by atoms with Crippen LogP contribution in [0, 0.1) is 0 Å². The number of anilines is 1. The highest BCUT2D eigenvalue weighted by Gasteiger charge is 2.15. The molecule has 5 nitrogen and oxygen atoms in total. The molecular formula is C17H21N3O2. The summed E-state index contributed by atoms with van der Waals surface area (Å²) in [6, 6.07) is 7.79. The van der Waals surface area contributed by atoms with E-state index in [0.29, 0.717) is 23.5 Å². The van der Waals surface area contributed by atoms with Crippen molar-refractivity contribution >= 4 is 22.9 Å². The molecule has 0 fully saturated rings. The van der Waals surface area contributed by atoms with E-state index in [1.807, 2.05) is 31.2 Å². The highest BCUT2D eigenvalue weighted by Crippen LogP contribution is 2.19. The molecule has 0 spiro atoms. The minimum Gasteiger partial charge on any atom is -0.395 e. The summed E-state index contributed by atoms with van der Waals surface area (Å²) >= 11 is 0. The lowest BCUT2D eigenvalue weighted by atomic mass is 10.0. The zero-order valence-electron chi connectivity index (χ0n) is 12.9. The standard InChI is InChI=1S/C17H21N3O2/c1-3-18-13-4-6-14(7-5-13)20-16-10-12(2)17(22)11-15(16)19-8-9-21/h4-7,10-11,18-19,21H,3,8-9H2,1-2H3. The molecule has 3 N–H and O–H groups in total. The molecule has 0 atom stereocenters. The van der Waals surface area contributed by atoms with Crippen molar-refractivity contribution in [2.75, 3.05) is 25.0 Å². The molecule has 22 heavy (non-hydrogen) atoms. The molecule has 0 amide bonds. The molecular weight excluding hydrogens is 278 g/mol. The molecule has 2 rings (SSSR count). The van der Waals surface area contributed by atoms with E-state index < -0.39 is 0 Å². The van der Waals surface area contributed by atoms with Crippen LogP contribution in [-0.4, -0.2) is 36.3 Å². The molecule has 1 aromatic carbocycles. The summed E-state index contributed by atoms with van der Waals surface area (Å²) in [6.07, 6.45) is 3.29. The van der Waals surface area contributed by atoms with Gasteiger partial charge in [-0.1, -0.05) is 0 Å². The lowest BCUT2D eigenvalue weighted by Gasteiger charge is -2.15. The van der Waals surface area contributed by atoms with Crippen molar-refractivity contribution in [2.24, 2.45) is 4.99 Å². The van der Waals surface area contributed by atoms with E-state index in [1.165, 1.54) is 6.08 Å². The summed E-state index contributed by atoms with van der Waals surface area (Å²) in [5.41, 5.74) is 3.85. The first-order valence-electron chi connectivity index (χ1n) is 7.36. The molecule has 116 valence electrons. The average molecular weight is 299 g/mol. The Morgan fingerprint density at radius 3 is 2.50 bits per heavy atom. The van der Waals surface area contributed by atoms with Gasteiger partial charge in [0, 0.05) is 24.9 Å². The van der Waals surface area contributed by atoms with E-state index in [4.69, 9.17) is 5.11 Å². The zero-order chi connectivity index (χ0) is 15.9. The lowest BCUT2D eigenvalue weighted by Crippen LogP contribution is -2.26. The van der Waals surface area contributed by atoms with Crippen LogP contribution < -0.4 is 10.6 Å². The average Bonchev–Trinajstić information content (AvgIpc) is 2.51. The van der Waals surface area contributed by atoms with Crippen molar-refractivity contribution in [2.45, 2.75) is 13.8 Å². The number of nitrogens with one attached hydrogen (secondary N) is 2. The van der Waals surface area contributed by atoms with Gasteiger partial charge in [-0.05, 0) is 49.8 Å². The van der Waals surface area contributed by atoms with Crippen molar-refractivity contribution in [3.8, 4) is 0 Å². The third kappa shape index (κ3) is 4.05. The summed E-state index contributed by atoms with van der Waals surface area (Å²) < 4.78 is 0. The fourth-order valence-corrected chi connectivity index (χ4v) is 2.09. The Balaban J connectivity index is 2.26. The van der Waals surface area contributed by atoms with Crippen molar-refractivity contribution in [3.63, 3.8) is 0 Å². The minimum atomic E-state index is -0.0399. The number of aliphatic hydroxyl groups excluding tert-OH is 1. The number of hydrogen-bond acceptors (Lipinski definition) is 5. The Bertz CT molecular complexity index is 628. The largest absolute Gasteiger partial charge is 0.395 e. The second kappa shape index (κ2) is 7.56. The smallest absolute Gasteiger partial charge is 0.183 e. The van der Waals surface area contributed by atoms with Crippen LogP contribution >= 0.6 is 0 Å². The van der Waals surface area contributed by atoms with Crippen LogP contribution in [-0.2, 0) is 4.79 Å². The first-order chi connectivity index (χ1) is 10.6. The normalized spacial score (nSPS) is 16.3. The Hall–Kier alpha value is -2.40. The number of aliphatic hydroxyl groups is 1. The van der Waals surface area contributed by atoms with E-state index in [0.717, 1.165) is 17.9 Å². The monoisotopic (exact) mass is 299 g/mol. The maximum Gasteiger partial charge on any atom is 0.183 e. The third-order valence-corrected chi connectivity index (χ3v) is 3.22. The molecule has 0 saturated heterocycles. The molecule has 5 heteroatoms. The number of benzene rings is 1. The van der Waals surface area contributed by atoms with Gasteiger partial charge in [-0.15, -0.1) is 0 Å². The molecule has 0 bridgehead atoms. The number of rotatable bonds is 6. The zero-order valence-corrected chi connectivity index (χ0v) is 12.9. The SMILES string of the molecule is CCNc1ccc(N=C2C=C(C)C(=O)C=C2NCCO)cc1. The minimum absolute atomic E-state index is 0.00110. The van der Waals surface area contributed by atoms with Crippen molar-refractivity contribution < 1.29 is 9.90 Å². The second-order valence-corrected chi connectivity index (χ2v) is 4.97. The molecule has 0 radical (unpaired) electrons. The Morgan fingerprint density at radius 2 is 1.86 bits per heavy atom. The second-order valence-electron chi connectivity index (χ2n) is 4.97. The first kappa shape index (κ1) is 16.0. The number of hydrogen-bond donors (Lipinski definition) is 3. The van der Waals surface area contributed by atoms with E-state index in [-0.39, 0.29) is 12.4 Å². The van der Waals surface area contributed by atoms with Gasteiger partial charge in [0.1, 0.15) is 0 Å². The van der Waals surface area contributed by atoms with Gasteiger partial charge in [-0.3, -0.25) is 4.79 Å². The van der Waals surface area contributed by atoms with Gasteiger partial charge in [0.2, 0.25) is 0 Å². The van der Waals surface area contributed by atoms with Gasteiger partial charge in [0.25, 0.3) is 0 Å². The lowest BCUT2D eigenvalue weighted by molar-refractivity contribution is -0.111. The highest BCUT2D eigenvalue weighted by molar-refractivity contribution is 6.22. The topological polar surface area (TPSA) is 73.7 Å². The van der Waals surface area contributed by atoms with Crippen LogP contribution in [0.15, 0.2) is 52.7 Å². The number of allylic oxidation sites excluding steroid dienone is 3. The third-order valence-electron chi connectivity index (χ3n) is 3.22. The summed E-state index contributed by atoms with van der Waals surface area (Å²) in [5, 5.41) is 15.2. The van der Waals surface area contributed by atoms with Gasteiger partial charge in [-0.25, -0.2) is 4.99 Å². The van der Waals surface area contributed by atoms with Crippen LogP contribution in [0.3, 0.4) is 0 Å². The molecule has 0 aliphatic heterocycles. The number of nitrogens with zero attached hydrogens (tertiary/aromatic N) is 1. The molecule has 0 saturated carbocycles. The number of ketones is 1. The van der Waals surface area contributed by atoms with Crippen molar-refractivity contribution in [1.29, 1.82) is 0 Å². The van der Waals surface area contributed by atoms with Gasteiger partial charge in [-0.2, -0.15) is 0 Å². The van der Waals surface area contributed by atoms with Crippen LogP contribution in [0.4, 0.5) is 11.4 Å². The van der Waals surface area contributed by atoms with Crippen molar-refractivity contribution in [1.82, 2.24) is 5.32 Å². The molecule has 0 unspecified atom stereocenters. The summed E-state index contributed by atoms with van der Waals surface area (Å²) in [4.78, 5) is 16.4. The van der Waals surface area contributed by atoms with Crippen molar-refractivity contribution in [3.05, 3.63) is 47.7 Å². The van der Waals surface area contributed by atoms with Gasteiger partial charge in [0.05, 0.1) is 23.7 Å². The number of aliphatic imine (C=N–C) groups is 1. The summed E-state index contributed by atoms with van der Waals surface area (Å²) in [5.74, 6) is -0.0399. The van der Waals surface area contributed by atoms with E-state index in [9.17, 15) is 4.79 Å². The van der Waals surface area contributed by atoms with E-state index >= 15 is 0 Å².